The number of hydrogen-bond acceptors (Lipinski definition) is 4. The van der Waals surface area contributed by atoms with E-state index in [-0.39, 0.29) is 30.2 Å². The topological polar surface area (TPSA) is 46.6 Å². The molecule has 0 amide bonds. The normalized spacial score (nSPS) is 34.8. The van der Waals surface area contributed by atoms with Crippen LogP contribution in [0.5, 0.6) is 0 Å². The Morgan fingerprint density at radius 1 is 1.47 bits per heavy atom. The average molecular weight is 234 g/mol. The van der Waals surface area contributed by atoms with Crippen LogP contribution in [0.3, 0.4) is 0 Å². The summed E-state index contributed by atoms with van der Waals surface area (Å²) in [5, 5.41) is 0. The molecular weight excluding hydrogens is 218 g/mol. The number of fused-ring (bicyclic) bond motifs is 2. The fourth-order valence-corrected chi connectivity index (χ4v) is 2.68. The summed E-state index contributed by atoms with van der Waals surface area (Å²) in [4.78, 5) is 25.3. The zero-order valence-electron chi connectivity index (χ0n) is 8.93. The van der Waals surface area contributed by atoms with Crippen LogP contribution in [0.2, 0.25) is 0 Å². The summed E-state index contributed by atoms with van der Waals surface area (Å²) in [7, 11) is 3.33. The van der Waals surface area contributed by atoms with E-state index in [4.69, 9.17) is 0 Å². The largest absolute Gasteiger partial charge is 0.468 e. The number of carbonyl (C=O) groups is 2. The van der Waals surface area contributed by atoms with Crippen LogP contribution in [0, 0.1) is 5.92 Å². The van der Waals surface area contributed by atoms with Gasteiger partial charge in [-0.1, -0.05) is 0 Å². The summed E-state index contributed by atoms with van der Waals surface area (Å²) in [6, 6.07) is 0.433. The predicted octanol–water partition coefficient (Wildman–Crippen LogP) is 0.633. The Balaban J connectivity index is 0.00000112. The number of hydrogen-bond donors (Lipinski definition) is 0. The van der Waals surface area contributed by atoms with Crippen molar-refractivity contribution >= 4 is 24.2 Å². The van der Waals surface area contributed by atoms with Crippen LogP contribution in [0.25, 0.3) is 0 Å². The van der Waals surface area contributed by atoms with Gasteiger partial charge in [0.05, 0.1) is 7.11 Å². The first-order valence-electron chi connectivity index (χ1n) is 4.97. The lowest BCUT2D eigenvalue weighted by atomic mass is 9.89. The Bertz CT molecular complexity index is 282. The third kappa shape index (κ3) is 1.88. The van der Waals surface area contributed by atoms with E-state index in [9.17, 15) is 9.59 Å². The van der Waals surface area contributed by atoms with Crippen molar-refractivity contribution in [3.63, 3.8) is 0 Å². The highest BCUT2D eigenvalue weighted by Gasteiger charge is 2.48. The number of halogens is 1. The number of nitrogens with zero attached hydrogens (tertiary/aromatic N) is 1. The van der Waals surface area contributed by atoms with Gasteiger partial charge in [0, 0.05) is 18.5 Å². The van der Waals surface area contributed by atoms with Crippen molar-refractivity contribution in [1.82, 2.24) is 4.90 Å². The molecule has 15 heavy (non-hydrogen) atoms. The van der Waals surface area contributed by atoms with E-state index in [0.717, 1.165) is 12.8 Å². The first-order chi connectivity index (χ1) is 6.65. The number of ether oxygens (including phenoxy) is 1. The molecule has 0 aliphatic carbocycles. The molecule has 0 aromatic heterocycles. The smallest absolute Gasteiger partial charge is 0.317 e. The van der Waals surface area contributed by atoms with Crippen LogP contribution < -0.4 is 0 Å². The van der Waals surface area contributed by atoms with Crippen molar-refractivity contribution in [2.45, 2.75) is 31.3 Å². The maximum absolute atomic E-state index is 11.7. The van der Waals surface area contributed by atoms with Gasteiger partial charge in [0.1, 0.15) is 11.7 Å². The van der Waals surface area contributed by atoms with E-state index >= 15 is 0 Å². The Kier molecular flexibility index (Phi) is 3.73. The highest BCUT2D eigenvalue weighted by Crippen LogP contribution is 2.36. The first kappa shape index (κ1) is 12.5. The minimum Gasteiger partial charge on any atom is -0.468 e. The number of ketones is 1. The molecule has 2 aliphatic rings. The van der Waals surface area contributed by atoms with E-state index in [1.54, 1.807) is 0 Å². The molecule has 0 N–H and O–H groups in total. The Hall–Kier alpha value is -0.610. The van der Waals surface area contributed by atoms with Gasteiger partial charge in [-0.05, 0) is 19.9 Å². The molecule has 2 heterocycles. The number of methoxy groups -OCH3 is 1. The summed E-state index contributed by atoms with van der Waals surface area (Å²) in [5.41, 5.74) is 0. The van der Waals surface area contributed by atoms with Gasteiger partial charge in [0.25, 0.3) is 0 Å². The highest BCUT2D eigenvalue weighted by atomic mass is 35.5. The molecule has 0 aromatic carbocycles. The van der Waals surface area contributed by atoms with Gasteiger partial charge in [-0.25, -0.2) is 0 Å². The second-order valence-corrected chi connectivity index (χ2v) is 4.14. The number of Topliss-reactive ketones (excluding diaryl/α,β-unsaturated/α-hetero) is 1. The van der Waals surface area contributed by atoms with E-state index in [2.05, 4.69) is 9.64 Å². The molecule has 5 heteroatoms. The van der Waals surface area contributed by atoms with Crippen molar-refractivity contribution in [3.05, 3.63) is 0 Å². The molecule has 86 valence electrons. The first-order valence-corrected chi connectivity index (χ1v) is 4.97. The molecule has 0 spiro atoms. The van der Waals surface area contributed by atoms with Gasteiger partial charge >= 0.3 is 5.97 Å². The lowest BCUT2D eigenvalue weighted by Gasteiger charge is -2.34. The fraction of sp³-hybridized carbons (Fsp3) is 0.800. The molecule has 2 saturated heterocycles. The van der Waals surface area contributed by atoms with Crippen molar-refractivity contribution < 1.29 is 14.3 Å². The second-order valence-electron chi connectivity index (χ2n) is 4.14. The van der Waals surface area contributed by atoms with Gasteiger partial charge in [-0.3, -0.25) is 14.5 Å². The van der Waals surface area contributed by atoms with Crippen LogP contribution in [0.1, 0.15) is 19.3 Å². The molecule has 1 unspecified atom stereocenters. The third-order valence-corrected chi connectivity index (χ3v) is 3.52. The number of rotatable bonds is 1. The number of piperidine rings is 1. The van der Waals surface area contributed by atoms with Crippen molar-refractivity contribution in [2.75, 3.05) is 14.2 Å². The summed E-state index contributed by atoms with van der Waals surface area (Å²) < 4.78 is 4.67. The minimum absolute atomic E-state index is 0. The molecule has 0 saturated carbocycles. The fourth-order valence-electron chi connectivity index (χ4n) is 2.68. The molecule has 4 nitrogen and oxygen atoms in total. The summed E-state index contributed by atoms with van der Waals surface area (Å²) in [6.07, 6.45) is 2.47. The van der Waals surface area contributed by atoms with Crippen molar-refractivity contribution in [2.24, 2.45) is 5.92 Å². The summed E-state index contributed by atoms with van der Waals surface area (Å²) in [6.45, 7) is 0. The van der Waals surface area contributed by atoms with Crippen LogP contribution in [-0.4, -0.2) is 42.9 Å². The zero-order chi connectivity index (χ0) is 10.3. The summed E-state index contributed by atoms with van der Waals surface area (Å²) in [5.74, 6) is -0.849. The Labute approximate surface area is 95.4 Å². The van der Waals surface area contributed by atoms with Gasteiger partial charge in [0.2, 0.25) is 0 Å². The Morgan fingerprint density at radius 3 is 2.73 bits per heavy atom. The van der Waals surface area contributed by atoms with Gasteiger partial charge in [-0.15, -0.1) is 12.4 Å². The maximum atomic E-state index is 11.7. The van der Waals surface area contributed by atoms with Crippen LogP contribution in [0.15, 0.2) is 0 Å². The molecular formula is C10H16ClNO3. The van der Waals surface area contributed by atoms with Crippen molar-refractivity contribution in [1.29, 1.82) is 0 Å². The van der Waals surface area contributed by atoms with Crippen LogP contribution in [-0.2, 0) is 14.3 Å². The van der Waals surface area contributed by atoms with E-state index < -0.39 is 5.92 Å². The zero-order valence-corrected chi connectivity index (χ0v) is 9.75. The standard InChI is InChI=1S/C10H15NO3.ClH/c1-11-6-3-4-7(11)9(8(12)5-6)10(13)14-2;/h6-7,9H,3-5H2,1-2H3;1H/t6-,7+,9?;/m0./s1. The number of esters is 1. The highest BCUT2D eigenvalue weighted by molar-refractivity contribution is 6.00. The lowest BCUT2D eigenvalue weighted by molar-refractivity contribution is -0.154. The maximum Gasteiger partial charge on any atom is 0.317 e. The van der Waals surface area contributed by atoms with Gasteiger partial charge in [0.15, 0.2) is 0 Å². The van der Waals surface area contributed by atoms with Crippen LogP contribution >= 0.6 is 12.4 Å². The SMILES string of the molecule is COC(=O)C1C(=O)C[C@@H]2CC[C@H]1N2C.Cl. The minimum atomic E-state index is -0.538. The summed E-state index contributed by atoms with van der Waals surface area (Å²) >= 11 is 0. The van der Waals surface area contributed by atoms with Crippen LogP contribution in [0.4, 0.5) is 0 Å². The molecule has 2 rings (SSSR count). The predicted molar refractivity (Wildman–Crippen MR) is 57.0 cm³/mol. The van der Waals surface area contributed by atoms with E-state index in [1.807, 2.05) is 7.05 Å². The van der Waals surface area contributed by atoms with Gasteiger partial charge < -0.3 is 4.74 Å². The monoisotopic (exact) mass is 233 g/mol. The third-order valence-electron chi connectivity index (χ3n) is 3.52. The molecule has 3 atom stereocenters. The molecule has 0 aromatic rings. The second kappa shape index (κ2) is 4.49. The molecule has 2 fully saturated rings. The van der Waals surface area contributed by atoms with E-state index in [0.29, 0.717) is 12.5 Å². The lowest BCUT2D eigenvalue weighted by Crippen LogP contribution is -2.50. The molecule has 0 radical (unpaired) electrons. The average Bonchev–Trinajstić information content (AvgIpc) is 2.42. The molecule has 2 bridgehead atoms. The van der Waals surface area contributed by atoms with E-state index in [1.165, 1.54) is 7.11 Å². The quantitative estimate of drug-likeness (QED) is 0.493. The molecule has 2 aliphatic heterocycles. The van der Waals surface area contributed by atoms with Crippen molar-refractivity contribution in [3.8, 4) is 0 Å². The Morgan fingerprint density at radius 2 is 2.13 bits per heavy atom. The number of carbonyl (C=O) groups excluding carboxylic acids is 2. The van der Waals surface area contributed by atoms with Gasteiger partial charge in [-0.2, -0.15) is 0 Å².